The van der Waals surface area contributed by atoms with E-state index in [0.717, 1.165) is 23.9 Å². The van der Waals surface area contributed by atoms with Gasteiger partial charge in [-0.1, -0.05) is 28.1 Å². The molecule has 86 valence electrons. The second-order valence-corrected chi connectivity index (χ2v) is 4.76. The summed E-state index contributed by atoms with van der Waals surface area (Å²) in [5.41, 5.74) is 1.29. The minimum atomic E-state index is 0.371. The van der Waals surface area contributed by atoms with Crippen molar-refractivity contribution in [2.24, 2.45) is 0 Å². The van der Waals surface area contributed by atoms with Crippen molar-refractivity contribution >= 4 is 15.9 Å². The van der Waals surface area contributed by atoms with Crippen LogP contribution in [-0.4, -0.2) is 6.54 Å². The smallest absolute Gasteiger partial charge is 0.0621 e. The molecule has 0 amide bonds. The van der Waals surface area contributed by atoms with Crippen LogP contribution in [0.1, 0.15) is 37.8 Å². The number of rotatable bonds is 6. The maximum absolute atomic E-state index is 8.40. The molecule has 1 atom stereocenters. The molecule has 0 fully saturated rings. The van der Waals surface area contributed by atoms with Crippen molar-refractivity contribution < 1.29 is 0 Å². The minimum Gasteiger partial charge on any atom is -0.310 e. The number of unbranched alkanes of at least 4 members (excludes halogenated alkanes) is 2. The van der Waals surface area contributed by atoms with Crippen LogP contribution in [0.4, 0.5) is 0 Å². The maximum Gasteiger partial charge on any atom is 0.0621 e. The van der Waals surface area contributed by atoms with Gasteiger partial charge in [0, 0.05) is 16.9 Å². The van der Waals surface area contributed by atoms with Gasteiger partial charge in [0.25, 0.3) is 0 Å². The Morgan fingerprint density at radius 2 is 2.00 bits per heavy atom. The summed E-state index contributed by atoms with van der Waals surface area (Å²) in [5.74, 6) is 0. The number of nitriles is 1. The standard InChI is InChI=1S/C13H17BrN2/c1-11(16-10-4-2-3-9-15)12-5-7-13(14)8-6-12/h5-8,11,16H,2-4,10H2,1H3/t11-/m1/s1. The second kappa shape index (κ2) is 7.43. The van der Waals surface area contributed by atoms with Gasteiger partial charge in [0.15, 0.2) is 0 Å². The van der Waals surface area contributed by atoms with Gasteiger partial charge in [-0.05, 0) is 44.0 Å². The largest absolute Gasteiger partial charge is 0.310 e. The number of nitrogens with zero attached hydrogens (tertiary/aromatic N) is 1. The van der Waals surface area contributed by atoms with Crippen molar-refractivity contribution in [2.45, 2.75) is 32.2 Å². The molecule has 1 rings (SSSR count). The van der Waals surface area contributed by atoms with E-state index < -0.39 is 0 Å². The molecule has 0 unspecified atom stereocenters. The van der Waals surface area contributed by atoms with Crippen molar-refractivity contribution in [1.82, 2.24) is 5.32 Å². The van der Waals surface area contributed by atoms with E-state index in [1.807, 2.05) is 0 Å². The van der Waals surface area contributed by atoms with Crippen LogP contribution in [0, 0.1) is 11.3 Å². The van der Waals surface area contributed by atoms with E-state index in [1.165, 1.54) is 5.56 Å². The summed E-state index contributed by atoms with van der Waals surface area (Å²) in [6.45, 7) is 3.13. The van der Waals surface area contributed by atoms with Crippen molar-refractivity contribution in [3.05, 3.63) is 34.3 Å². The molecule has 0 heterocycles. The fourth-order valence-electron chi connectivity index (χ4n) is 1.52. The van der Waals surface area contributed by atoms with Crippen molar-refractivity contribution in [2.75, 3.05) is 6.54 Å². The lowest BCUT2D eigenvalue weighted by Crippen LogP contribution is -2.19. The van der Waals surface area contributed by atoms with E-state index in [-0.39, 0.29) is 0 Å². The topological polar surface area (TPSA) is 35.8 Å². The summed E-state index contributed by atoms with van der Waals surface area (Å²) in [5, 5.41) is 11.9. The lowest BCUT2D eigenvalue weighted by atomic mass is 10.1. The van der Waals surface area contributed by atoms with Gasteiger partial charge in [0.05, 0.1) is 6.07 Å². The number of hydrogen-bond acceptors (Lipinski definition) is 2. The van der Waals surface area contributed by atoms with Crippen molar-refractivity contribution in [3.63, 3.8) is 0 Å². The molecule has 0 spiro atoms. The normalized spacial score (nSPS) is 12.1. The molecule has 1 aromatic rings. The van der Waals surface area contributed by atoms with E-state index in [4.69, 9.17) is 5.26 Å². The third-order valence-electron chi connectivity index (χ3n) is 2.54. The molecule has 1 N–H and O–H groups in total. The molecule has 0 aliphatic rings. The van der Waals surface area contributed by atoms with Gasteiger partial charge in [0.2, 0.25) is 0 Å². The van der Waals surface area contributed by atoms with Crippen LogP contribution in [0.5, 0.6) is 0 Å². The van der Waals surface area contributed by atoms with Gasteiger partial charge < -0.3 is 5.32 Å². The predicted octanol–water partition coefficient (Wildman–Crippen LogP) is 3.79. The van der Waals surface area contributed by atoms with E-state index in [1.54, 1.807) is 0 Å². The summed E-state index contributed by atoms with van der Waals surface area (Å²) in [6, 6.07) is 10.9. The molecule has 0 saturated carbocycles. The zero-order valence-corrected chi connectivity index (χ0v) is 11.1. The van der Waals surface area contributed by atoms with E-state index >= 15 is 0 Å². The fraction of sp³-hybridized carbons (Fsp3) is 0.462. The van der Waals surface area contributed by atoms with Crippen molar-refractivity contribution in [1.29, 1.82) is 5.26 Å². The summed E-state index contributed by atoms with van der Waals surface area (Å²) < 4.78 is 1.11. The van der Waals surface area contributed by atoms with Crippen LogP contribution in [-0.2, 0) is 0 Å². The zero-order valence-electron chi connectivity index (χ0n) is 9.54. The second-order valence-electron chi connectivity index (χ2n) is 3.84. The molecule has 0 bridgehead atoms. The number of benzene rings is 1. The highest BCUT2D eigenvalue weighted by Gasteiger charge is 2.03. The van der Waals surface area contributed by atoms with Crippen LogP contribution < -0.4 is 5.32 Å². The average molecular weight is 281 g/mol. The highest BCUT2D eigenvalue weighted by molar-refractivity contribution is 9.10. The molecule has 1 aromatic carbocycles. The molecule has 0 aliphatic heterocycles. The molecule has 0 saturated heterocycles. The molecule has 0 radical (unpaired) electrons. The monoisotopic (exact) mass is 280 g/mol. The Labute approximate surface area is 106 Å². The van der Waals surface area contributed by atoms with Gasteiger partial charge in [-0.15, -0.1) is 0 Å². The number of nitrogens with one attached hydrogen (secondary N) is 1. The number of halogens is 1. The molecule has 0 aliphatic carbocycles. The quantitative estimate of drug-likeness (QED) is 0.805. The highest BCUT2D eigenvalue weighted by Crippen LogP contribution is 2.16. The van der Waals surface area contributed by atoms with E-state index in [9.17, 15) is 0 Å². The first-order chi connectivity index (χ1) is 7.74. The lowest BCUT2D eigenvalue weighted by Gasteiger charge is -2.13. The van der Waals surface area contributed by atoms with Crippen LogP contribution in [0.2, 0.25) is 0 Å². The molecule has 3 heteroatoms. The molecular weight excluding hydrogens is 264 g/mol. The van der Waals surface area contributed by atoms with E-state index in [0.29, 0.717) is 12.5 Å². The zero-order chi connectivity index (χ0) is 11.8. The summed E-state index contributed by atoms with van der Waals surface area (Å²) in [6.07, 6.45) is 2.71. The van der Waals surface area contributed by atoms with Crippen LogP contribution in [0.15, 0.2) is 28.7 Å². The van der Waals surface area contributed by atoms with Gasteiger partial charge >= 0.3 is 0 Å². The third-order valence-corrected chi connectivity index (χ3v) is 3.06. The first-order valence-corrected chi connectivity index (χ1v) is 6.39. The van der Waals surface area contributed by atoms with Gasteiger partial charge in [-0.25, -0.2) is 0 Å². The minimum absolute atomic E-state index is 0.371. The Bertz CT molecular complexity index is 340. The van der Waals surface area contributed by atoms with Gasteiger partial charge in [-0.2, -0.15) is 5.26 Å². The first-order valence-electron chi connectivity index (χ1n) is 5.60. The van der Waals surface area contributed by atoms with Gasteiger partial charge in [-0.3, -0.25) is 0 Å². The predicted molar refractivity (Wildman–Crippen MR) is 70.0 cm³/mol. The van der Waals surface area contributed by atoms with Crippen LogP contribution in [0.3, 0.4) is 0 Å². The third kappa shape index (κ3) is 4.78. The SMILES string of the molecule is C[C@@H](NCCCCC#N)c1ccc(Br)cc1. The van der Waals surface area contributed by atoms with Gasteiger partial charge in [0.1, 0.15) is 0 Å². The van der Waals surface area contributed by atoms with Crippen molar-refractivity contribution in [3.8, 4) is 6.07 Å². The molecule has 2 nitrogen and oxygen atoms in total. The summed E-state index contributed by atoms with van der Waals surface area (Å²) in [7, 11) is 0. The average Bonchev–Trinajstić information content (AvgIpc) is 2.29. The Balaban J connectivity index is 2.27. The molecule has 16 heavy (non-hydrogen) atoms. The lowest BCUT2D eigenvalue weighted by molar-refractivity contribution is 0.549. The van der Waals surface area contributed by atoms with Crippen LogP contribution in [0.25, 0.3) is 0 Å². The highest BCUT2D eigenvalue weighted by atomic mass is 79.9. The number of hydrogen-bond donors (Lipinski definition) is 1. The Kier molecular flexibility index (Phi) is 6.14. The molecule has 0 aromatic heterocycles. The Morgan fingerprint density at radius 3 is 2.62 bits per heavy atom. The summed E-state index contributed by atoms with van der Waals surface area (Å²) in [4.78, 5) is 0. The van der Waals surface area contributed by atoms with Crippen LogP contribution >= 0.6 is 15.9 Å². The Hall–Kier alpha value is -0.850. The Morgan fingerprint density at radius 1 is 1.31 bits per heavy atom. The summed E-state index contributed by atoms with van der Waals surface area (Å²) >= 11 is 3.42. The first kappa shape index (κ1) is 13.2. The maximum atomic E-state index is 8.40. The van der Waals surface area contributed by atoms with E-state index in [2.05, 4.69) is 58.5 Å². The fourth-order valence-corrected chi connectivity index (χ4v) is 1.78. The molecular formula is C13H17BrN2.